The van der Waals surface area contributed by atoms with E-state index in [4.69, 9.17) is 0 Å². The molecule has 0 radical (unpaired) electrons. The largest absolute Gasteiger partial charge is 0.468 e. The first-order chi connectivity index (χ1) is 11.8. The van der Waals surface area contributed by atoms with E-state index in [9.17, 15) is 23.6 Å². The predicted octanol–water partition coefficient (Wildman–Crippen LogP) is 1.34. The summed E-state index contributed by atoms with van der Waals surface area (Å²) in [6.07, 6.45) is 0.103. The third kappa shape index (κ3) is 2.48. The molecule has 1 aliphatic heterocycles. The number of rotatable bonds is 2. The minimum absolute atomic E-state index is 0.0115. The minimum atomic E-state index is -1.18. The van der Waals surface area contributed by atoms with E-state index < -0.39 is 35.0 Å². The van der Waals surface area contributed by atoms with Crippen molar-refractivity contribution in [1.29, 1.82) is 0 Å². The molecule has 7 nitrogen and oxygen atoms in total. The summed E-state index contributed by atoms with van der Waals surface area (Å²) < 4.78 is 23.3. The van der Waals surface area contributed by atoms with Crippen molar-refractivity contribution in [2.24, 2.45) is 5.92 Å². The number of amides is 1. The Labute approximate surface area is 142 Å². The molecule has 1 N–H and O–H groups in total. The molecular weight excluding hydrogens is 333 g/mol. The van der Waals surface area contributed by atoms with E-state index in [0.29, 0.717) is 5.56 Å². The van der Waals surface area contributed by atoms with E-state index >= 15 is 0 Å². The lowest BCUT2D eigenvalue weighted by molar-refractivity contribution is -0.152. The van der Waals surface area contributed by atoms with Crippen molar-refractivity contribution >= 4 is 29.3 Å². The Balaban J connectivity index is 2.10. The van der Waals surface area contributed by atoms with Crippen LogP contribution in [0.15, 0.2) is 12.1 Å². The van der Waals surface area contributed by atoms with Crippen molar-refractivity contribution in [3.8, 4) is 0 Å². The number of Topliss-reactive ketones (excluding diaryl/α,β-unsaturated/α-hetero) is 1. The lowest BCUT2D eigenvalue weighted by atomic mass is 9.65. The number of nitrogens with one attached hydrogen (secondary N) is 1. The first kappa shape index (κ1) is 17.1. The van der Waals surface area contributed by atoms with Gasteiger partial charge < -0.3 is 14.8 Å². The average Bonchev–Trinajstić information content (AvgIpc) is 2.85. The van der Waals surface area contributed by atoms with Crippen molar-refractivity contribution in [2.75, 3.05) is 19.5 Å². The SMILES string of the molecule is COC(=O)c1cc2c(cc1F)NC(=O)C21CCC(=O)C(C(=O)OC)C1. The van der Waals surface area contributed by atoms with Crippen molar-refractivity contribution in [1.82, 2.24) is 0 Å². The quantitative estimate of drug-likeness (QED) is 0.639. The highest BCUT2D eigenvalue weighted by atomic mass is 19.1. The summed E-state index contributed by atoms with van der Waals surface area (Å²) in [6, 6.07) is 2.32. The number of ether oxygens (including phenoxy) is 2. The van der Waals surface area contributed by atoms with Gasteiger partial charge in [0.25, 0.3) is 0 Å². The maximum Gasteiger partial charge on any atom is 0.340 e. The zero-order chi connectivity index (χ0) is 18.4. The van der Waals surface area contributed by atoms with Gasteiger partial charge in [0.05, 0.1) is 25.2 Å². The van der Waals surface area contributed by atoms with E-state index in [-0.39, 0.29) is 36.3 Å². The van der Waals surface area contributed by atoms with Crippen LogP contribution in [0.1, 0.15) is 35.2 Å². The highest BCUT2D eigenvalue weighted by Crippen LogP contribution is 2.49. The van der Waals surface area contributed by atoms with Gasteiger partial charge in [-0.2, -0.15) is 0 Å². The normalized spacial score (nSPS) is 24.7. The van der Waals surface area contributed by atoms with Gasteiger partial charge in [0.15, 0.2) is 0 Å². The number of ketones is 1. The van der Waals surface area contributed by atoms with E-state index in [0.717, 1.165) is 13.2 Å². The van der Waals surface area contributed by atoms with Crippen LogP contribution in [0.2, 0.25) is 0 Å². The minimum Gasteiger partial charge on any atom is -0.468 e. The van der Waals surface area contributed by atoms with Gasteiger partial charge in [0, 0.05) is 12.1 Å². The topological polar surface area (TPSA) is 98.8 Å². The molecular formula is C17H16FNO6. The van der Waals surface area contributed by atoms with Crippen LogP contribution >= 0.6 is 0 Å². The Bertz CT molecular complexity index is 797. The second-order valence-corrected chi connectivity index (χ2v) is 6.15. The van der Waals surface area contributed by atoms with Crippen LogP contribution in [-0.2, 0) is 29.3 Å². The molecule has 1 heterocycles. The zero-order valence-corrected chi connectivity index (χ0v) is 13.7. The van der Waals surface area contributed by atoms with E-state index in [1.165, 1.54) is 13.2 Å². The molecule has 1 spiro atoms. The summed E-state index contributed by atoms with van der Waals surface area (Å²) in [5.74, 6) is -4.19. The molecule has 2 aliphatic rings. The molecule has 0 aromatic heterocycles. The number of benzene rings is 1. The van der Waals surface area contributed by atoms with Gasteiger partial charge in [-0.1, -0.05) is 0 Å². The number of fused-ring (bicyclic) bond motifs is 2. The Kier molecular flexibility index (Phi) is 4.06. The fraction of sp³-hybridized carbons (Fsp3) is 0.412. The molecule has 1 saturated carbocycles. The Hall–Kier alpha value is -2.77. The number of anilines is 1. The third-order valence-corrected chi connectivity index (χ3v) is 4.94. The fourth-order valence-electron chi connectivity index (χ4n) is 3.59. The smallest absolute Gasteiger partial charge is 0.340 e. The fourth-order valence-corrected chi connectivity index (χ4v) is 3.59. The molecule has 25 heavy (non-hydrogen) atoms. The number of hydrogen-bond acceptors (Lipinski definition) is 6. The van der Waals surface area contributed by atoms with Crippen LogP contribution in [0, 0.1) is 11.7 Å². The second-order valence-electron chi connectivity index (χ2n) is 6.15. The molecule has 3 rings (SSSR count). The van der Waals surface area contributed by atoms with Crippen molar-refractivity contribution in [2.45, 2.75) is 24.7 Å². The van der Waals surface area contributed by atoms with Gasteiger partial charge in [0.2, 0.25) is 5.91 Å². The maximum atomic E-state index is 14.1. The number of carbonyl (C=O) groups excluding carboxylic acids is 4. The molecule has 2 unspecified atom stereocenters. The molecule has 2 atom stereocenters. The van der Waals surface area contributed by atoms with Gasteiger partial charge in [-0.15, -0.1) is 0 Å². The second kappa shape index (κ2) is 5.94. The van der Waals surface area contributed by atoms with Crippen LogP contribution in [-0.4, -0.2) is 37.8 Å². The maximum absolute atomic E-state index is 14.1. The molecule has 1 aromatic carbocycles. The molecule has 1 amide bonds. The first-order valence-electron chi connectivity index (χ1n) is 7.68. The van der Waals surface area contributed by atoms with Crippen molar-refractivity contribution in [3.63, 3.8) is 0 Å². The zero-order valence-electron chi connectivity index (χ0n) is 13.7. The molecule has 8 heteroatoms. The Morgan fingerprint density at radius 2 is 1.96 bits per heavy atom. The van der Waals surface area contributed by atoms with Crippen LogP contribution < -0.4 is 5.32 Å². The van der Waals surface area contributed by atoms with E-state index in [1.807, 2.05) is 0 Å². The summed E-state index contributed by atoms with van der Waals surface area (Å²) in [6.45, 7) is 0. The number of esters is 2. The molecule has 1 aliphatic carbocycles. The first-order valence-corrected chi connectivity index (χ1v) is 7.68. The monoisotopic (exact) mass is 349 g/mol. The molecule has 0 bridgehead atoms. The summed E-state index contributed by atoms with van der Waals surface area (Å²) in [5, 5.41) is 2.58. The average molecular weight is 349 g/mol. The molecule has 1 aromatic rings. The predicted molar refractivity (Wildman–Crippen MR) is 82.4 cm³/mol. The van der Waals surface area contributed by atoms with Gasteiger partial charge in [0.1, 0.15) is 17.5 Å². The number of methoxy groups -OCH3 is 2. The standard InChI is InChI=1S/C17H16FNO6/c1-24-14(21)8-5-10-12(6-11(8)18)19-16(23)17(10)4-3-13(20)9(7-17)15(22)25-2/h5-6,9H,3-4,7H2,1-2H3,(H,19,23). The summed E-state index contributed by atoms with van der Waals surface area (Å²) >= 11 is 0. The summed E-state index contributed by atoms with van der Waals surface area (Å²) in [4.78, 5) is 48.3. The van der Waals surface area contributed by atoms with Crippen LogP contribution in [0.25, 0.3) is 0 Å². The van der Waals surface area contributed by atoms with E-state index in [2.05, 4.69) is 14.8 Å². The van der Waals surface area contributed by atoms with Crippen LogP contribution in [0.5, 0.6) is 0 Å². The highest BCUT2D eigenvalue weighted by Gasteiger charge is 2.53. The third-order valence-electron chi connectivity index (χ3n) is 4.94. The number of halogens is 1. The van der Waals surface area contributed by atoms with Gasteiger partial charge in [-0.3, -0.25) is 14.4 Å². The number of hydrogen-bond donors (Lipinski definition) is 1. The molecule has 132 valence electrons. The molecule has 0 saturated heterocycles. The lowest BCUT2D eigenvalue weighted by Gasteiger charge is -2.34. The number of carbonyl (C=O) groups is 4. The molecule has 1 fully saturated rings. The van der Waals surface area contributed by atoms with Crippen LogP contribution in [0.4, 0.5) is 10.1 Å². The summed E-state index contributed by atoms with van der Waals surface area (Å²) in [7, 11) is 2.30. The van der Waals surface area contributed by atoms with Crippen molar-refractivity contribution < 1.29 is 33.0 Å². The van der Waals surface area contributed by atoms with Crippen molar-refractivity contribution in [3.05, 3.63) is 29.1 Å². The highest BCUT2D eigenvalue weighted by molar-refractivity contribution is 6.10. The van der Waals surface area contributed by atoms with Gasteiger partial charge >= 0.3 is 11.9 Å². The Morgan fingerprint density at radius 3 is 2.60 bits per heavy atom. The van der Waals surface area contributed by atoms with E-state index in [1.54, 1.807) is 0 Å². The van der Waals surface area contributed by atoms with Crippen LogP contribution in [0.3, 0.4) is 0 Å². The Morgan fingerprint density at radius 1 is 1.24 bits per heavy atom. The summed E-state index contributed by atoms with van der Waals surface area (Å²) in [5.41, 5.74) is -0.865. The van der Waals surface area contributed by atoms with Gasteiger partial charge in [-0.05, 0) is 30.5 Å². The van der Waals surface area contributed by atoms with Gasteiger partial charge in [-0.25, -0.2) is 9.18 Å². The lowest BCUT2D eigenvalue weighted by Crippen LogP contribution is -2.45.